The van der Waals surface area contributed by atoms with Crippen LogP contribution in [0.5, 0.6) is 0 Å². The summed E-state index contributed by atoms with van der Waals surface area (Å²) in [5, 5.41) is 0. The predicted molar refractivity (Wildman–Crippen MR) is 70.9 cm³/mol. The summed E-state index contributed by atoms with van der Waals surface area (Å²) in [5.74, 6) is 0.257. The van der Waals surface area contributed by atoms with Crippen LogP contribution in [0.2, 0.25) is 0 Å². The maximum absolute atomic E-state index is 10.9. The highest BCUT2D eigenvalue weighted by molar-refractivity contribution is 7.46. The Bertz CT molecular complexity index is 715. The molecule has 11 heteroatoms. The molecule has 114 valence electrons. The van der Waals surface area contributed by atoms with Crippen LogP contribution in [0.15, 0.2) is 12.7 Å². The number of hydrogen-bond acceptors (Lipinski definition) is 7. The molecule has 0 aromatic carbocycles. The van der Waals surface area contributed by atoms with Gasteiger partial charge in [0, 0.05) is 6.42 Å². The molecule has 3 rings (SSSR count). The standard InChI is InChI=1S/C10H14N5O5P/c1-5-6(20-21(16,17)18)2-7(19-5)15-4-14-8-9(11)12-3-13-10(8)15/h3-7H,2H2,1H3,(H2,11,12,13)(H2,16,17,18)/t5-,6?,7-/m1/s1. The number of anilines is 1. The number of ether oxygens (including phenoxy) is 1. The number of nitrogen functional groups attached to an aromatic ring is 1. The monoisotopic (exact) mass is 315 g/mol. The Kier molecular flexibility index (Phi) is 3.42. The molecule has 0 saturated carbocycles. The number of fused-ring (bicyclic) bond motifs is 1. The van der Waals surface area contributed by atoms with E-state index >= 15 is 0 Å². The highest BCUT2D eigenvalue weighted by atomic mass is 31.2. The molecule has 1 aliphatic rings. The van der Waals surface area contributed by atoms with E-state index in [-0.39, 0.29) is 12.2 Å². The van der Waals surface area contributed by atoms with E-state index in [1.54, 1.807) is 11.5 Å². The number of rotatable bonds is 3. The molecule has 1 unspecified atom stereocenters. The van der Waals surface area contributed by atoms with Crippen LogP contribution in [0.1, 0.15) is 19.6 Å². The third-order valence-corrected chi connectivity index (χ3v) is 3.84. The van der Waals surface area contributed by atoms with Crippen LogP contribution < -0.4 is 5.73 Å². The molecule has 4 N–H and O–H groups in total. The average molecular weight is 315 g/mol. The normalized spacial score (nSPS) is 26.5. The van der Waals surface area contributed by atoms with Crippen molar-refractivity contribution in [1.82, 2.24) is 19.5 Å². The second-order valence-corrected chi connectivity index (χ2v) is 5.94. The van der Waals surface area contributed by atoms with Crippen LogP contribution in [0.3, 0.4) is 0 Å². The number of hydrogen-bond donors (Lipinski definition) is 3. The molecule has 2 aromatic heterocycles. The third-order valence-electron chi connectivity index (χ3n) is 3.30. The van der Waals surface area contributed by atoms with Gasteiger partial charge in [-0.1, -0.05) is 0 Å². The van der Waals surface area contributed by atoms with Crippen LogP contribution >= 0.6 is 7.82 Å². The topological polar surface area (TPSA) is 146 Å². The van der Waals surface area contributed by atoms with Gasteiger partial charge in [0.05, 0.1) is 18.5 Å². The first kappa shape index (κ1) is 14.4. The summed E-state index contributed by atoms with van der Waals surface area (Å²) in [6.07, 6.45) is 1.41. The maximum Gasteiger partial charge on any atom is 0.469 e. The number of nitrogens with two attached hydrogens (primary N) is 1. The quantitative estimate of drug-likeness (QED) is 0.675. The molecule has 1 saturated heterocycles. The Labute approximate surface area is 119 Å². The number of imidazole rings is 1. The Morgan fingerprint density at radius 3 is 2.95 bits per heavy atom. The molecule has 0 radical (unpaired) electrons. The lowest BCUT2D eigenvalue weighted by molar-refractivity contribution is -0.00649. The zero-order valence-corrected chi connectivity index (χ0v) is 11.9. The minimum absolute atomic E-state index is 0.257. The lowest BCUT2D eigenvalue weighted by Crippen LogP contribution is -2.19. The molecule has 0 aliphatic carbocycles. The maximum atomic E-state index is 10.9. The highest BCUT2D eigenvalue weighted by Gasteiger charge is 2.38. The molecule has 0 bridgehead atoms. The van der Waals surface area contributed by atoms with Crippen LogP contribution in [0.25, 0.3) is 11.2 Å². The SMILES string of the molecule is C[C@H]1O[C@@H](n2cnc3c(N)ncnc32)CC1OP(=O)(O)O. The minimum Gasteiger partial charge on any atom is -0.382 e. The van der Waals surface area contributed by atoms with E-state index < -0.39 is 26.3 Å². The summed E-state index contributed by atoms with van der Waals surface area (Å²) in [6, 6.07) is 0. The van der Waals surface area contributed by atoms with Crippen molar-refractivity contribution in [2.75, 3.05) is 5.73 Å². The summed E-state index contributed by atoms with van der Waals surface area (Å²) in [6.45, 7) is 1.68. The zero-order valence-electron chi connectivity index (χ0n) is 11.0. The molecule has 1 fully saturated rings. The first-order valence-electron chi connectivity index (χ1n) is 6.17. The molecule has 1 aliphatic heterocycles. The predicted octanol–water partition coefficient (Wildman–Crippen LogP) is 0.194. The van der Waals surface area contributed by atoms with Crippen molar-refractivity contribution in [3.63, 3.8) is 0 Å². The highest BCUT2D eigenvalue weighted by Crippen LogP contribution is 2.43. The van der Waals surface area contributed by atoms with Crippen molar-refractivity contribution >= 4 is 24.8 Å². The smallest absolute Gasteiger partial charge is 0.382 e. The Morgan fingerprint density at radius 2 is 2.24 bits per heavy atom. The summed E-state index contributed by atoms with van der Waals surface area (Å²) in [7, 11) is -4.56. The van der Waals surface area contributed by atoms with E-state index in [1.165, 1.54) is 12.7 Å². The van der Waals surface area contributed by atoms with Gasteiger partial charge in [-0.05, 0) is 6.92 Å². The minimum atomic E-state index is -4.56. The summed E-state index contributed by atoms with van der Waals surface area (Å²) >= 11 is 0. The first-order chi connectivity index (χ1) is 9.85. The molecule has 21 heavy (non-hydrogen) atoms. The second kappa shape index (κ2) is 5.00. The van der Waals surface area contributed by atoms with Gasteiger partial charge in [-0.25, -0.2) is 19.5 Å². The van der Waals surface area contributed by atoms with Crippen molar-refractivity contribution in [2.45, 2.75) is 31.8 Å². The lowest BCUT2D eigenvalue weighted by Gasteiger charge is -2.14. The molecule has 10 nitrogen and oxygen atoms in total. The molecular formula is C10H14N5O5P. The Balaban J connectivity index is 1.88. The van der Waals surface area contributed by atoms with Crippen molar-refractivity contribution < 1.29 is 23.6 Å². The van der Waals surface area contributed by atoms with Crippen LogP contribution in [-0.2, 0) is 13.8 Å². The number of phosphoric acid groups is 1. The van der Waals surface area contributed by atoms with E-state index in [4.69, 9.17) is 24.8 Å². The Hall–Kier alpha value is -1.58. The summed E-state index contributed by atoms with van der Waals surface area (Å²) in [4.78, 5) is 29.9. The number of aromatic nitrogens is 4. The molecule has 3 heterocycles. The van der Waals surface area contributed by atoms with E-state index in [1.807, 2.05) is 0 Å². The van der Waals surface area contributed by atoms with Crippen molar-refractivity contribution in [2.24, 2.45) is 0 Å². The molecule has 0 spiro atoms. The average Bonchev–Trinajstić information content (AvgIpc) is 2.93. The second-order valence-electron chi connectivity index (χ2n) is 4.75. The van der Waals surface area contributed by atoms with E-state index in [2.05, 4.69) is 15.0 Å². The molecule has 0 amide bonds. The van der Waals surface area contributed by atoms with E-state index in [0.717, 1.165) is 0 Å². The summed E-state index contributed by atoms with van der Waals surface area (Å²) < 4.78 is 23.0. The number of nitrogens with zero attached hydrogens (tertiary/aromatic N) is 4. The first-order valence-corrected chi connectivity index (χ1v) is 7.70. The fourth-order valence-electron chi connectivity index (χ4n) is 2.35. The molecular weight excluding hydrogens is 301 g/mol. The van der Waals surface area contributed by atoms with Crippen molar-refractivity contribution in [3.8, 4) is 0 Å². The number of phosphoric ester groups is 1. The van der Waals surface area contributed by atoms with Gasteiger partial charge in [0.2, 0.25) is 0 Å². The third kappa shape index (κ3) is 2.76. The van der Waals surface area contributed by atoms with Crippen LogP contribution in [-0.4, -0.2) is 41.5 Å². The summed E-state index contributed by atoms with van der Waals surface area (Å²) in [5.41, 5.74) is 6.66. The van der Waals surface area contributed by atoms with Gasteiger partial charge in [-0.15, -0.1) is 0 Å². The van der Waals surface area contributed by atoms with E-state index in [0.29, 0.717) is 11.2 Å². The van der Waals surface area contributed by atoms with Gasteiger partial charge < -0.3 is 20.3 Å². The molecule has 3 atom stereocenters. The fraction of sp³-hybridized carbons (Fsp3) is 0.500. The van der Waals surface area contributed by atoms with Crippen molar-refractivity contribution in [1.29, 1.82) is 0 Å². The largest absolute Gasteiger partial charge is 0.469 e. The van der Waals surface area contributed by atoms with E-state index in [9.17, 15) is 4.57 Å². The lowest BCUT2D eigenvalue weighted by atomic mass is 10.2. The fourth-order valence-corrected chi connectivity index (χ4v) is 2.96. The van der Waals surface area contributed by atoms with Crippen LogP contribution in [0, 0.1) is 0 Å². The van der Waals surface area contributed by atoms with Gasteiger partial charge in [0.15, 0.2) is 11.5 Å². The Morgan fingerprint density at radius 1 is 1.48 bits per heavy atom. The van der Waals surface area contributed by atoms with Gasteiger partial charge in [-0.3, -0.25) is 9.09 Å². The van der Waals surface area contributed by atoms with Crippen LogP contribution in [0.4, 0.5) is 5.82 Å². The zero-order chi connectivity index (χ0) is 15.2. The van der Waals surface area contributed by atoms with Gasteiger partial charge >= 0.3 is 7.82 Å². The molecule has 2 aromatic rings. The van der Waals surface area contributed by atoms with Gasteiger partial charge in [0.25, 0.3) is 0 Å². The van der Waals surface area contributed by atoms with Gasteiger partial charge in [-0.2, -0.15) is 0 Å². The van der Waals surface area contributed by atoms with Gasteiger partial charge in [0.1, 0.15) is 18.1 Å². The van der Waals surface area contributed by atoms with Crippen molar-refractivity contribution in [3.05, 3.63) is 12.7 Å².